The summed E-state index contributed by atoms with van der Waals surface area (Å²) >= 11 is 0. The third-order valence-electron chi connectivity index (χ3n) is 5.15. The van der Waals surface area contributed by atoms with Crippen LogP contribution in [0, 0.1) is 19.8 Å². The summed E-state index contributed by atoms with van der Waals surface area (Å²) in [5.41, 5.74) is 4.27. The highest BCUT2D eigenvalue weighted by Crippen LogP contribution is 2.27. The Bertz CT molecular complexity index is 686. The van der Waals surface area contributed by atoms with Crippen molar-refractivity contribution in [2.24, 2.45) is 5.92 Å². The Balaban J connectivity index is 1.73. The molecule has 0 saturated heterocycles. The number of rotatable bonds is 3. The van der Waals surface area contributed by atoms with Gasteiger partial charge in [-0.25, -0.2) is 0 Å². The zero-order valence-electron chi connectivity index (χ0n) is 13.7. The highest BCUT2D eigenvalue weighted by atomic mass is 16.3. The van der Waals surface area contributed by atoms with Crippen LogP contribution in [-0.4, -0.2) is 11.9 Å². The van der Waals surface area contributed by atoms with Crippen LogP contribution in [0.5, 0.6) is 0 Å². The van der Waals surface area contributed by atoms with Crippen molar-refractivity contribution in [3.8, 4) is 0 Å². The molecule has 1 saturated carbocycles. The second kappa shape index (κ2) is 6.15. The van der Waals surface area contributed by atoms with E-state index >= 15 is 0 Å². The van der Waals surface area contributed by atoms with Crippen LogP contribution in [-0.2, 0) is 11.2 Å². The molecule has 1 amide bonds. The molecular formula is C19H25NO2. The van der Waals surface area contributed by atoms with Gasteiger partial charge in [-0.05, 0) is 43.7 Å². The molecule has 3 nitrogen and oxygen atoms in total. The average molecular weight is 299 g/mol. The molecule has 0 spiro atoms. The molecule has 2 atom stereocenters. The number of nitrogens with one attached hydrogen (secondary N) is 1. The monoisotopic (exact) mass is 299 g/mol. The Morgan fingerprint density at radius 3 is 2.82 bits per heavy atom. The van der Waals surface area contributed by atoms with Gasteiger partial charge in [0.15, 0.2) is 0 Å². The van der Waals surface area contributed by atoms with Crippen molar-refractivity contribution in [3.05, 3.63) is 35.1 Å². The lowest BCUT2D eigenvalue weighted by Crippen LogP contribution is -2.41. The Morgan fingerprint density at radius 2 is 2.05 bits per heavy atom. The molecule has 22 heavy (non-hydrogen) atoms. The SMILES string of the molecule is Cc1ccc2c(CC(=O)NC3CCCCC3C)coc2c1C. The number of furan rings is 1. The van der Waals surface area contributed by atoms with E-state index in [2.05, 4.69) is 38.2 Å². The third kappa shape index (κ3) is 2.90. The number of hydrogen-bond acceptors (Lipinski definition) is 2. The summed E-state index contributed by atoms with van der Waals surface area (Å²) in [7, 11) is 0. The zero-order chi connectivity index (χ0) is 15.7. The van der Waals surface area contributed by atoms with Crippen molar-refractivity contribution in [2.75, 3.05) is 0 Å². The normalized spacial score (nSPS) is 22.0. The largest absolute Gasteiger partial charge is 0.464 e. The van der Waals surface area contributed by atoms with Crippen LogP contribution >= 0.6 is 0 Å². The topological polar surface area (TPSA) is 42.2 Å². The number of fused-ring (bicyclic) bond motifs is 1. The fourth-order valence-corrected chi connectivity index (χ4v) is 3.49. The van der Waals surface area contributed by atoms with Crippen LogP contribution in [0.3, 0.4) is 0 Å². The van der Waals surface area contributed by atoms with Crippen LogP contribution in [0.4, 0.5) is 0 Å². The van der Waals surface area contributed by atoms with Crippen molar-refractivity contribution in [3.63, 3.8) is 0 Å². The number of benzene rings is 1. The summed E-state index contributed by atoms with van der Waals surface area (Å²) in [4.78, 5) is 12.4. The van der Waals surface area contributed by atoms with Gasteiger partial charge in [0.25, 0.3) is 0 Å². The Labute approximate surface area is 132 Å². The minimum absolute atomic E-state index is 0.111. The van der Waals surface area contributed by atoms with Crippen LogP contribution in [0.15, 0.2) is 22.8 Å². The minimum Gasteiger partial charge on any atom is -0.464 e. The standard InChI is InChI=1S/C19H25NO2/c1-12-8-9-16-15(11-22-19(16)14(12)3)10-18(21)20-17-7-5-4-6-13(17)2/h8-9,11,13,17H,4-7,10H2,1-3H3,(H,20,21). The predicted octanol–water partition coefficient (Wildman–Crippen LogP) is 4.29. The summed E-state index contributed by atoms with van der Waals surface area (Å²) in [6.07, 6.45) is 6.98. The lowest BCUT2D eigenvalue weighted by atomic mass is 9.86. The third-order valence-corrected chi connectivity index (χ3v) is 5.15. The first-order valence-corrected chi connectivity index (χ1v) is 8.32. The van der Waals surface area contributed by atoms with Gasteiger partial charge in [0.2, 0.25) is 5.91 Å². The molecule has 1 aliphatic carbocycles. The number of hydrogen-bond donors (Lipinski definition) is 1. The van der Waals surface area contributed by atoms with Crippen LogP contribution in [0.25, 0.3) is 11.0 Å². The molecule has 0 aliphatic heterocycles. The van der Waals surface area contributed by atoms with Gasteiger partial charge in [0.05, 0.1) is 12.7 Å². The first-order chi connectivity index (χ1) is 10.6. The van der Waals surface area contributed by atoms with Crippen LogP contribution in [0.2, 0.25) is 0 Å². The number of amides is 1. The maximum atomic E-state index is 12.4. The van der Waals surface area contributed by atoms with Crippen LogP contribution < -0.4 is 5.32 Å². The molecule has 1 heterocycles. The smallest absolute Gasteiger partial charge is 0.224 e. The van der Waals surface area contributed by atoms with E-state index < -0.39 is 0 Å². The zero-order valence-corrected chi connectivity index (χ0v) is 13.7. The quantitative estimate of drug-likeness (QED) is 0.918. The van der Waals surface area contributed by atoms with Gasteiger partial charge in [-0.3, -0.25) is 4.79 Å². The fourth-order valence-electron chi connectivity index (χ4n) is 3.49. The molecular weight excluding hydrogens is 274 g/mol. The summed E-state index contributed by atoms with van der Waals surface area (Å²) in [5, 5.41) is 4.28. The van der Waals surface area contributed by atoms with E-state index in [-0.39, 0.29) is 5.91 Å². The maximum absolute atomic E-state index is 12.4. The molecule has 2 aromatic rings. The second-order valence-electron chi connectivity index (χ2n) is 6.76. The van der Waals surface area contributed by atoms with Gasteiger partial charge < -0.3 is 9.73 Å². The fraction of sp³-hybridized carbons (Fsp3) is 0.526. The van der Waals surface area contributed by atoms with E-state index in [4.69, 9.17) is 4.42 Å². The molecule has 1 aromatic heterocycles. The molecule has 1 fully saturated rings. The van der Waals surface area contributed by atoms with E-state index in [0.29, 0.717) is 18.4 Å². The van der Waals surface area contributed by atoms with Crippen molar-refractivity contribution >= 4 is 16.9 Å². The molecule has 3 heteroatoms. The van der Waals surface area contributed by atoms with E-state index in [9.17, 15) is 4.79 Å². The molecule has 3 rings (SSSR count). The Morgan fingerprint density at radius 1 is 1.27 bits per heavy atom. The maximum Gasteiger partial charge on any atom is 0.224 e. The molecule has 1 aliphatic rings. The minimum atomic E-state index is 0.111. The first-order valence-electron chi connectivity index (χ1n) is 8.32. The molecule has 0 bridgehead atoms. The van der Waals surface area contributed by atoms with Crippen molar-refractivity contribution in [1.29, 1.82) is 0 Å². The summed E-state index contributed by atoms with van der Waals surface area (Å²) in [6.45, 7) is 6.38. The van der Waals surface area contributed by atoms with E-state index in [1.807, 2.05) is 0 Å². The summed E-state index contributed by atoms with van der Waals surface area (Å²) in [6, 6.07) is 4.49. The predicted molar refractivity (Wildman–Crippen MR) is 89.0 cm³/mol. The first kappa shape index (κ1) is 15.1. The second-order valence-corrected chi connectivity index (χ2v) is 6.76. The van der Waals surface area contributed by atoms with E-state index in [1.165, 1.54) is 24.8 Å². The summed E-state index contributed by atoms with van der Waals surface area (Å²) < 4.78 is 5.69. The van der Waals surface area contributed by atoms with Crippen molar-refractivity contribution < 1.29 is 9.21 Å². The molecule has 1 aromatic carbocycles. The summed E-state index contributed by atoms with van der Waals surface area (Å²) in [5.74, 6) is 0.698. The van der Waals surface area contributed by atoms with Gasteiger partial charge in [-0.2, -0.15) is 0 Å². The van der Waals surface area contributed by atoms with E-state index in [0.717, 1.165) is 28.5 Å². The van der Waals surface area contributed by atoms with Gasteiger partial charge in [-0.1, -0.05) is 31.9 Å². The molecule has 2 unspecified atom stereocenters. The molecule has 0 radical (unpaired) electrons. The highest BCUT2D eigenvalue weighted by Gasteiger charge is 2.23. The van der Waals surface area contributed by atoms with Gasteiger partial charge in [-0.15, -0.1) is 0 Å². The molecule has 1 N–H and O–H groups in total. The number of carbonyl (C=O) groups is 1. The van der Waals surface area contributed by atoms with Gasteiger partial charge >= 0.3 is 0 Å². The lowest BCUT2D eigenvalue weighted by Gasteiger charge is -2.29. The van der Waals surface area contributed by atoms with Gasteiger partial charge in [0, 0.05) is 17.0 Å². The van der Waals surface area contributed by atoms with Crippen molar-refractivity contribution in [2.45, 2.75) is 58.9 Å². The van der Waals surface area contributed by atoms with E-state index in [1.54, 1.807) is 6.26 Å². The Hall–Kier alpha value is -1.77. The van der Waals surface area contributed by atoms with Crippen LogP contribution in [0.1, 0.15) is 49.3 Å². The lowest BCUT2D eigenvalue weighted by molar-refractivity contribution is -0.121. The highest BCUT2D eigenvalue weighted by molar-refractivity contribution is 5.89. The number of carbonyl (C=O) groups excluding carboxylic acids is 1. The number of aryl methyl sites for hydroxylation is 2. The van der Waals surface area contributed by atoms with Crippen molar-refractivity contribution in [1.82, 2.24) is 5.32 Å². The molecule has 118 valence electrons. The Kier molecular flexibility index (Phi) is 4.23. The average Bonchev–Trinajstić information content (AvgIpc) is 2.89. The van der Waals surface area contributed by atoms with Gasteiger partial charge in [0.1, 0.15) is 5.58 Å².